The van der Waals surface area contributed by atoms with Crippen LogP contribution in [0.25, 0.3) is 5.69 Å². The van der Waals surface area contributed by atoms with Crippen LogP contribution in [0.15, 0.2) is 48.5 Å². The van der Waals surface area contributed by atoms with Gasteiger partial charge in [-0.25, -0.2) is 4.79 Å². The Bertz CT molecular complexity index is 1220. The van der Waals surface area contributed by atoms with Gasteiger partial charge in [0.25, 0.3) is 5.91 Å². The van der Waals surface area contributed by atoms with E-state index >= 15 is 0 Å². The van der Waals surface area contributed by atoms with Gasteiger partial charge in [0, 0.05) is 23.1 Å². The summed E-state index contributed by atoms with van der Waals surface area (Å²) < 4.78 is 18.4. The molecule has 0 atom stereocenters. The van der Waals surface area contributed by atoms with Crippen LogP contribution in [0.1, 0.15) is 21.7 Å². The predicted octanol–water partition coefficient (Wildman–Crippen LogP) is 4.07. The number of ether oxygens (including phenoxy) is 3. The number of anilines is 2. The first-order valence-corrected chi connectivity index (χ1v) is 10.5. The Morgan fingerprint density at radius 1 is 0.938 bits per heavy atom. The smallest absolute Gasteiger partial charge is 0.414 e. The van der Waals surface area contributed by atoms with Crippen LogP contribution in [0.4, 0.5) is 16.2 Å². The Morgan fingerprint density at radius 2 is 1.72 bits per heavy atom. The standard InChI is InChI=1S/C24H23N3O5/c1-15-13-18(16(2)27(15)17-7-8-21-22(14-17)31-12-11-30-21)23(28)25-19-5-3-4-6-20(19)26-9-10-32-24(26)29/h3-8,13-14H,9-12H2,1-2H3,(H,25,28). The summed E-state index contributed by atoms with van der Waals surface area (Å²) in [5.74, 6) is 1.16. The molecule has 164 valence electrons. The number of nitrogens with zero attached hydrogens (tertiary/aromatic N) is 2. The minimum absolute atomic E-state index is 0.248. The summed E-state index contributed by atoms with van der Waals surface area (Å²) in [7, 11) is 0. The molecule has 0 bridgehead atoms. The van der Waals surface area contributed by atoms with Crippen LogP contribution in [0, 0.1) is 13.8 Å². The number of rotatable bonds is 4. The molecule has 8 nitrogen and oxygen atoms in total. The normalized spacial score (nSPS) is 14.9. The molecule has 1 N–H and O–H groups in total. The molecule has 0 saturated carbocycles. The lowest BCUT2D eigenvalue weighted by Crippen LogP contribution is -2.25. The molecule has 1 aromatic heterocycles. The highest BCUT2D eigenvalue weighted by Crippen LogP contribution is 2.34. The van der Waals surface area contributed by atoms with Crippen LogP contribution in [-0.2, 0) is 4.74 Å². The summed E-state index contributed by atoms with van der Waals surface area (Å²) in [4.78, 5) is 26.7. The van der Waals surface area contributed by atoms with Crippen molar-refractivity contribution in [1.29, 1.82) is 0 Å². The molecular weight excluding hydrogens is 410 g/mol. The number of carbonyl (C=O) groups excluding carboxylic acids is 2. The Labute approximate surface area is 185 Å². The Kier molecular flexibility index (Phi) is 4.97. The fraction of sp³-hybridized carbons (Fsp3) is 0.250. The van der Waals surface area contributed by atoms with Gasteiger partial charge in [-0.05, 0) is 44.2 Å². The maximum absolute atomic E-state index is 13.2. The predicted molar refractivity (Wildman–Crippen MR) is 119 cm³/mol. The van der Waals surface area contributed by atoms with Gasteiger partial charge < -0.3 is 24.1 Å². The molecule has 3 aromatic rings. The van der Waals surface area contributed by atoms with Crippen molar-refractivity contribution in [1.82, 2.24) is 4.57 Å². The molecule has 5 rings (SSSR count). The average Bonchev–Trinajstić information content (AvgIpc) is 3.36. The van der Waals surface area contributed by atoms with E-state index in [4.69, 9.17) is 14.2 Å². The number of para-hydroxylation sites is 2. The molecule has 2 aliphatic heterocycles. The summed E-state index contributed by atoms with van der Waals surface area (Å²) in [5, 5.41) is 2.96. The van der Waals surface area contributed by atoms with Crippen LogP contribution in [-0.4, -0.2) is 42.9 Å². The lowest BCUT2D eigenvalue weighted by atomic mass is 10.2. The number of amides is 2. The third kappa shape index (κ3) is 3.43. The van der Waals surface area contributed by atoms with Crippen molar-refractivity contribution >= 4 is 23.4 Å². The minimum atomic E-state index is -0.413. The number of hydrogen-bond acceptors (Lipinski definition) is 5. The lowest BCUT2D eigenvalue weighted by molar-refractivity contribution is 0.102. The molecule has 2 aromatic carbocycles. The SMILES string of the molecule is Cc1cc(C(=O)Nc2ccccc2N2CCOC2=O)c(C)n1-c1ccc2c(c1)OCCO2. The van der Waals surface area contributed by atoms with Gasteiger partial charge in [0.1, 0.15) is 19.8 Å². The van der Waals surface area contributed by atoms with Crippen molar-refractivity contribution < 1.29 is 23.8 Å². The van der Waals surface area contributed by atoms with Crippen LogP contribution < -0.4 is 19.7 Å². The third-order valence-corrected chi connectivity index (χ3v) is 5.66. The number of benzene rings is 2. The number of fused-ring (bicyclic) bond motifs is 1. The van der Waals surface area contributed by atoms with Crippen LogP contribution in [0.5, 0.6) is 11.5 Å². The van der Waals surface area contributed by atoms with E-state index < -0.39 is 6.09 Å². The molecule has 2 amide bonds. The van der Waals surface area contributed by atoms with Crippen LogP contribution in [0.2, 0.25) is 0 Å². The van der Waals surface area contributed by atoms with E-state index in [2.05, 4.69) is 5.32 Å². The second-order valence-electron chi connectivity index (χ2n) is 7.69. The summed E-state index contributed by atoms with van der Waals surface area (Å²) in [6, 6.07) is 14.8. The summed E-state index contributed by atoms with van der Waals surface area (Å²) >= 11 is 0. The Balaban J connectivity index is 1.45. The van der Waals surface area contributed by atoms with Crippen LogP contribution in [0.3, 0.4) is 0 Å². The van der Waals surface area contributed by atoms with Crippen molar-refractivity contribution in [2.24, 2.45) is 0 Å². The zero-order chi connectivity index (χ0) is 22.2. The van der Waals surface area contributed by atoms with E-state index in [1.165, 1.54) is 4.90 Å². The highest BCUT2D eigenvalue weighted by molar-refractivity contribution is 6.08. The maximum atomic E-state index is 13.2. The first-order valence-electron chi connectivity index (χ1n) is 10.5. The molecule has 2 aliphatic rings. The summed E-state index contributed by atoms with van der Waals surface area (Å²) in [5.41, 5.74) is 4.33. The first kappa shape index (κ1) is 20.0. The van der Waals surface area contributed by atoms with Crippen molar-refractivity contribution in [3.8, 4) is 17.2 Å². The van der Waals surface area contributed by atoms with Gasteiger partial charge >= 0.3 is 6.09 Å². The minimum Gasteiger partial charge on any atom is -0.486 e. The highest BCUT2D eigenvalue weighted by Gasteiger charge is 2.26. The quantitative estimate of drug-likeness (QED) is 0.671. The molecular formula is C24H23N3O5. The molecule has 1 fully saturated rings. The average molecular weight is 433 g/mol. The molecule has 1 saturated heterocycles. The van der Waals surface area contributed by atoms with Gasteiger partial charge in [0.05, 0.1) is 23.5 Å². The van der Waals surface area contributed by atoms with E-state index in [9.17, 15) is 9.59 Å². The van der Waals surface area contributed by atoms with E-state index in [1.54, 1.807) is 12.1 Å². The van der Waals surface area contributed by atoms with Crippen molar-refractivity contribution in [2.75, 3.05) is 36.6 Å². The molecule has 0 aliphatic carbocycles. The van der Waals surface area contributed by atoms with E-state index in [1.807, 2.05) is 54.8 Å². The summed E-state index contributed by atoms with van der Waals surface area (Å²) in [6.45, 7) is 5.69. The Hall–Kier alpha value is -3.94. The van der Waals surface area contributed by atoms with E-state index in [0.29, 0.717) is 49.1 Å². The maximum Gasteiger partial charge on any atom is 0.414 e. The van der Waals surface area contributed by atoms with E-state index in [0.717, 1.165) is 22.8 Å². The van der Waals surface area contributed by atoms with Gasteiger partial charge in [0.2, 0.25) is 0 Å². The summed E-state index contributed by atoms with van der Waals surface area (Å²) in [6.07, 6.45) is -0.413. The second-order valence-corrected chi connectivity index (χ2v) is 7.69. The lowest BCUT2D eigenvalue weighted by Gasteiger charge is -2.20. The Morgan fingerprint density at radius 3 is 2.50 bits per heavy atom. The number of hydrogen-bond donors (Lipinski definition) is 1. The third-order valence-electron chi connectivity index (χ3n) is 5.66. The number of carbonyl (C=O) groups is 2. The molecule has 8 heteroatoms. The van der Waals surface area contributed by atoms with Crippen molar-refractivity contribution in [3.05, 3.63) is 65.5 Å². The zero-order valence-electron chi connectivity index (χ0n) is 17.9. The monoisotopic (exact) mass is 433 g/mol. The largest absolute Gasteiger partial charge is 0.486 e. The van der Waals surface area contributed by atoms with Gasteiger partial charge in [-0.3, -0.25) is 9.69 Å². The van der Waals surface area contributed by atoms with E-state index in [-0.39, 0.29) is 5.91 Å². The zero-order valence-corrected chi connectivity index (χ0v) is 17.9. The van der Waals surface area contributed by atoms with Crippen molar-refractivity contribution in [3.63, 3.8) is 0 Å². The van der Waals surface area contributed by atoms with Crippen molar-refractivity contribution in [2.45, 2.75) is 13.8 Å². The molecule has 0 unspecified atom stereocenters. The first-order chi connectivity index (χ1) is 15.5. The van der Waals surface area contributed by atoms with Gasteiger partial charge in [0.15, 0.2) is 11.5 Å². The fourth-order valence-electron chi connectivity index (χ4n) is 4.18. The number of aryl methyl sites for hydroxylation is 1. The molecule has 0 radical (unpaired) electrons. The highest BCUT2D eigenvalue weighted by atomic mass is 16.6. The van der Waals surface area contributed by atoms with Gasteiger partial charge in [-0.2, -0.15) is 0 Å². The second kappa shape index (κ2) is 7.96. The van der Waals surface area contributed by atoms with Gasteiger partial charge in [-0.1, -0.05) is 12.1 Å². The molecule has 32 heavy (non-hydrogen) atoms. The number of cyclic esters (lactones) is 1. The number of nitrogens with one attached hydrogen (secondary N) is 1. The van der Waals surface area contributed by atoms with Crippen LogP contribution >= 0.6 is 0 Å². The fourth-order valence-corrected chi connectivity index (χ4v) is 4.18. The topological polar surface area (TPSA) is 82.0 Å². The number of aromatic nitrogens is 1. The molecule has 3 heterocycles. The van der Waals surface area contributed by atoms with Gasteiger partial charge in [-0.15, -0.1) is 0 Å². The molecule has 0 spiro atoms.